The minimum absolute atomic E-state index is 0.205. The molecule has 0 amide bonds. The van der Waals surface area contributed by atoms with Crippen molar-refractivity contribution in [2.45, 2.75) is 33.2 Å². The molecule has 1 aromatic carbocycles. The first-order valence-electron chi connectivity index (χ1n) is 6.15. The van der Waals surface area contributed by atoms with Gasteiger partial charge in [-0.15, -0.1) is 0 Å². The smallest absolute Gasteiger partial charge is 0.299 e. The predicted molar refractivity (Wildman–Crippen MR) is 80.6 cm³/mol. The van der Waals surface area contributed by atoms with Gasteiger partial charge < -0.3 is 5.11 Å². The fourth-order valence-electron chi connectivity index (χ4n) is 1.59. The number of hydrogen-bond donors (Lipinski definition) is 3. The maximum atomic E-state index is 11.9. The SMILES string of the molecule is Cc1cc(NS(=O)(=O)NC(C)(C)C)ccc1C#CCO. The van der Waals surface area contributed by atoms with Crippen LogP contribution < -0.4 is 9.44 Å². The van der Waals surface area contributed by atoms with E-state index in [1.807, 2.05) is 6.92 Å². The second-order valence-electron chi connectivity index (χ2n) is 5.45. The molecule has 0 bridgehead atoms. The summed E-state index contributed by atoms with van der Waals surface area (Å²) in [5.41, 5.74) is 1.51. The number of nitrogens with one attached hydrogen (secondary N) is 2. The lowest BCUT2D eigenvalue weighted by Gasteiger charge is -2.21. The van der Waals surface area contributed by atoms with Crippen LogP contribution in [0.25, 0.3) is 0 Å². The zero-order valence-electron chi connectivity index (χ0n) is 12.1. The van der Waals surface area contributed by atoms with Gasteiger partial charge in [-0.3, -0.25) is 4.72 Å². The van der Waals surface area contributed by atoms with Crippen molar-refractivity contribution in [3.05, 3.63) is 29.3 Å². The van der Waals surface area contributed by atoms with Gasteiger partial charge in [-0.2, -0.15) is 13.1 Å². The van der Waals surface area contributed by atoms with Gasteiger partial charge in [-0.1, -0.05) is 11.8 Å². The van der Waals surface area contributed by atoms with E-state index in [1.165, 1.54) is 0 Å². The fourth-order valence-corrected chi connectivity index (χ4v) is 2.88. The molecule has 20 heavy (non-hydrogen) atoms. The highest BCUT2D eigenvalue weighted by Gasteiger charge is 2.19. The van der Waals surface area contributed by atoms with E-state index < -0.39 is 15.7 Å². The largest absolute Gasteiger partial charge is 0.384 e. The molecule has 0 unspecified atom stereocenters. The Bertz CT molecular complexity index is 635. The molecule has 6 heteroatoms. The Kier molecular flexibility index (Phi) is 5.17. The van der Waals surface area contributed by atoms with Crippen molar-refractivity contribution in [2.24, 2.45) is 0 Å². The van der Waals surface area contributed by atoms with Crippen LogP contribution in [0.4, 0.5) is 5.69 Å². The van der Waals surface area contributed by atoms with Gasteiger partial charge in [-0.25, -0.2) is 0 Å². The Hall–Kier alpha value is -1.55. The van der Waals surface area contributed by atoms with Crippen LogP contribution in [0.15, 0.2) is 18.2 Å². The maximum Gasteiger partial charge on any atom is 0.299 e. The number of benzene rings is 1. The molecule has 0 aromatic heterocycles. The van der Waals surface area contributed by atoms with Crippen LogP contribution in [0.5, 0.6) is 0 Å². The molecule has 0 aliphatic heterocycles. The van der Waals surface area contributed by atoms with Crippen LogP contribution in [0, 0.1) is 18.8 Å². The fraction of sp³-hybridized carbons (Fsp3) is 0.429. The minimum Gasteiger partial charge on any atom is -0.384 e. The lowest BCUT2D eigenvalue weighted by atomic mass is 10.1. The maximum absolute atomic E-state index is 11.9. The van der Waals surface area contributed by atoms with Crippen LogP contribution in [-0.2, 0) is 10.2 Å². The zero-order chi connectivity index (χ0) is 15.4. The molecule has 1 aromatic rings. The molecule has 1 rings (SSSR count). The van der Waals surface area contributed by atoms with Crippen molar-refractivity contribution in [3.8, 4) is 11.8 Å². The summed E-state index contributed by atoms with van der Waals surface area (Å²) in [5.74, 6) is 5.36. The van der Waals surface area contributed by atoms with Crippen molar-refractivity contribution < 1.29 is 13.5 Å². The first-order chi connectivity index (χ1) is 9.13. The van der Waals surface area contributed by atoms with E-state index in [0.29, 0.717) is 5.69 Å². The van der Waals surface area contributed by atoms with E-state index in [0.717, 1.165) is 11.1 Å². The standard InChI is InChI=1S/C14H20N2O3S/c1-11-10-13(8-7-12(11)6-5-9-17)15-20(18,19)16-14(2,3)4/h7-8,10,15-17H,9H2,1-4H3. The Morgan fingerprint density at radius 2 is 1.95 bits per heavy atom. The average Bonchev–Trinajstić information content (AvgIpc) is 2.23. The number of hydrogen-bond acceptors (Lipinski definition) is 3. The Morgan fingerprint density at radius 1 is 1.30 bits per heavy atom. The Balaban J connectivity index is 2.92. The Morgan fingerprint density at radius 3 is 2.45 bits per heavy atom. The Labute approximate surface area is 120 Å². The number of aliphatic hydroxyl groups excluding tert-OH is 1. The van der Waals surface area contributed by atoms with Crippen LogP contribution in [-0.4, -0.2) is 25.7 Å². The first kappa shape index (κ1) is 16.5. The summed E-state index contributed by atoms with van der Waals surface area (Å²) >= 11 is 0. The minimum atomic E-state index is -3.61. The van der Waals surface area contributed by atoms with Gasteiger partial charge in [0.15, 0.2) is 0 Å². The number of anilines is 1. The third-order valence-corrected chi connectivity index (χ3v) is 3.61. The van der Waals surface area contributed by atoms with Gasteiger partial charge in [0.25, 0.3) is 10.2 Å². The molecule has 0 heterocycles. The van der Waals surface area contributed by atoms with E-state index in [-0.39, 0.29) is 6.61 Å². The molecule has 0 aliphatic carbocycles. The van der Waals surface area contributed by atoms with E-state index in [4.69, 9.17) is 5.11 Å². The molecule has 3 N–H and O–H groups in total. The highest BCUT2D eigenvalue weighted by Crippen LogP contribution is 2.16. The lowest BCUT2D eigenvalue weighted by Crippen LogP contribution is -2.43. The topological polar surface area (TPSA) is 78.4 Å². The van der Waals surface area contributed by atoms with Crippen LogP contribution in [0.1, 0.15) is 31.9 Å². The number of aliphatic hydroxyl groups is 1. The summed E-state index contributed by atoms with van der Waals surface area (Å²) in [6.07, 6.45) is 0. The van der Waals surface area contributed by atoms with Crippen LogP contribution in [0.2, 0.25) is 0 Å². The highest BCUT2D eigenvalue weighted by molar-refractivity contribution is 7.90. The monoisotopic (exact) mass is 296 g/mol. The van der Waals surface area contributed by atoms with Crippen molar-refractivity contribution in [3.63, 3.8) is 0 Å². The molecule has 5 nitrogen and oxygen atoms in total. The van der Waals surface area contributed by atoms with E-state index in [9.17, 15) is 8.42 Å². The van der Waals surface area contributed by atoms with E-state index >= 15 is 0 Å². The molecule has 0 saturated heterocycles. The second-order valence-corrected chi connectivity index (χ2v) is 6.86. The van der Waals surface area contributed by atoms with Crippen molar-refractivity contribution in [2.75, 3.05) is 11.3 Å². The molecule has 0 aliphatic rings. The van der Waals surface area contributed by atoms with Crippen LogP contribution >= 0.6 is 0 Å². The summed E-state index contributed by atoms with van der Waals surface area (Å²) in [5, 5.41) is 8.66. The molecular formula is C14H20N2O3S. The number of aryl methyl sites for hydroxylation is 1. The van der Waals surface area contributed by atoms with Gasteiger partial charge in [0.1, 0.15) is 6.61 Å². The van der Waals surface area contributed by atoms with Crippen molar-refractivity contribution in [1.29, 1.82) is 0 Å². The number of rotatable bonds is 3. The summed E-state index contributed by atoms with van der Waals surface area (Å²) < 4.78 is 28.8. The third-order valence-electron chi connectivity index (χ3n) is 2.22. The normalized spacial score (nSPS) is 11.7. The molecule has 0 saturated carbocycles. The highest BCUT2D eigenvalue weighted by atomic mass is 32.2. The van der Waals surface area contributed by atoms with Crippen molar-refractivity contribution >= 4 is 15.9 Å². The predicted octanol–water partition coefficient (Wildman–Crippen LogP) is 1.38. The lowest BCUT2D eigenvalue weighted by molar-refractivity contribution is 0.350. The summed E-state index contributed by atoms with van der Waals surface area (Å²) in [7, 11) is -3.61. The van der Waals surface area contributed by atoms with Gasteiger partial charge in [0, 0.05) is 11.1 Å². The summed E-state index contributed by atoms with van der Waals surface area (Å²) in [4.78, 5) is 0. The molecular weight excluding hydrogens is 276 g/mol. The van der Waals surface area contributed by atoms with Gasteiger partial charge in [-0.05, 0) is 51.5 Å². The quantitative estimate of drug-likeness (QED) is 0.737. The molecule has 0 fully saturated rings. The van der Waals surface area contributed by atoms with Gasteiger partial charge in [0.05, 0.1) is 5.69 Å². The summed E-state index contributed by atoms with van der Waals surface area (Å²) in [6, 6.07) is 5.05. The molecule has 0 atom stereocenters. The average molecular weight is 296 g/mol. The second kappa shape index (κ2) is 6.27. The van der Waals surface area contributed by atoms with E-state index in [2.05, 4.69) is 21.3 Å². The molecule has 0 radical (unpaired) electrons. The zero-order valence-corrected chi connectivity index (χ0v) is 12.9. The first-order valence-corrected chi connectivity index (χ1v) is 7.63. The molecule has 0 spiro atoms. The van der Waals surface area contributed by atoms with Crippen LogP contribution in [0.3, 0.4) is 0 Å². The van der Waals surface area contributed by atoms with Crippen molar-refractivity contribution in [1.82, 2.24) is 4.72 Å². The van der Waals surface area contributed by atoms with E-state index in [1.54, 1.807) is 39.0 Å². The van der Waals surface area contributed by atoms with Gasteiger partial charge >= 0.3 is 0 Å². The molecule has 110 valence electrons. The third kappa shape index (κ3) is 5.61. The summed E-state index contributed by atoms with van der Waals surface area (Å²) in [6.45, 7) is 6.93. The van der Waals surface area contributed by atoms with Gasteiger partial charge in [0.2, 0.25) is 0 Å².